The highest BCUT2D eigenvalue weighted by molar-refractivity contribution is 5.61. The van der Waals surface area contributed by atoms with Crippen LogP contribution in [0, 0.1) is 17.0 Å². The fourth-order valence-electron chi connectivity index (χ4n) is 2.93. The van der Waals surface area contributed by atoms with Gasteiger partial charge in [-0.05, 0) is 25.5 Å². The van der Waals surface area contributed by atoms with Crippen molar-refractivity contribution >= 4 is 5.69 Å². The standard InChI is InChI=1S/C20H21N3O4/c1-15-19(16-8-4-3-5-9-16)21-14-22(15)12-7-13-27-18-11-6-10-17(26-2)20(18)23(24)25/h3-6,8-11,14H,7,12-13H2,1-2H3. The minimum absolute atomic E-state index is 0.148. The summed E-state index contributed by atoms with van der Waals surface area (Å²) in [7, 11) is 1.40. The van der Waals surface area contributed by atoms with Gasteiger partial charge in [0.2, 0.25) is 11.5 Å². The number of benzene rings is 2. The molecule has 0 atom stereocenters. The first-order valence-electron chi connectivity index (χ1n) is 8.63. The molecule has 0 radical (unpaired) electrons. The number of methoxy groups -OCH3 is 1. The second-order valence-electron chi connectivity index (χ2n) is 6.00. The van der Waals surface area contributed by atoms with Crippen molar-refractivity contribution < 1.29 is 14.4 Å². The molecule has 0 aliphatic rings. The van der Waals surface area contributed by atoms with Crippen molar-refractivity contribution in [1.82, 2.24) is 9.55 Å². The summed E-state index contributed by atoms with van der Waals surface area (Å²) < 4.78 is 12.7. The molecule has 0 saturated heterocycles. The maximum absolute atomic E-state index is 11.3. The number of rotatable bonds is 8. The summed E-state index contributed by atoms with van der Waals surface area (Å²) in [5.41, 5.74) is 2.97. The molecule has 2 aromatic carbocycles. The predicted octanol–water partition coefficient (Wildman–Crippen LogP) is 4.24. The monoisotopic (exact) mass is 367 g/mol. The number of aryl methyl sites for hydroxylation is 1. The van der Waals surface area contributed by atoms with Crippen LogP contribution >= 0.6 is 0 Å². The first-order chi connectivity index (χ1) is 13.1. The number of imidazole rings is 1. The molecule has 140 valence electrons. The molecule has 7 nitrogen and oxygen atoms in total. The maximum atomic E-state index is 11.3. The van der Waals surface area contributed by atoms with Gasteiger partial charge in [0.15, 0.2) is 0 Å². The molecular formula is C20H21N3O4. The lowest BCUT2D eigenvalue weighted by molar-refractivity contribution is -0.386. The zero-order valence-electron chi connectivity index (χ0n) is 15.3. The average molecular weight is 367 g/mol. The van der Waals surface area contributed by atoms with Gasteiger partial charge < -0.3 is 14.0 Å². The number of hydrogen-bond acceptors (Lipinski definition) is 5. The van der Waals surface area contributed by atoms with Crippen LogP contribution < -0.4 is 9.47 Å². The number of ether oxygens (including phenoxy) is 2. The highest BCUT2D eigenvalue weighted by Crippen LogP contribution is 2.36. The van der Waals surface area contributed by atoms with Crippen molar-refractivity contribution in [2.45, 2.75) is 19.9 Å². The molecule has 0 unspecified atom stereocenters. The molecule has 0 saturated carbocycles. The molecule has 1 aromatic heterocycles. The SMILES string of the molecule is COc1cccc(OCCCn2cnc(-c3ccccc3)c2C)c1[N+](=O)[O-]. The number of aromatic nitrogens is 2. The van der Waals surface area contributed by atoms with E-state index in [9.17, 15) is 10.1 Å². The van der Waals surface area contributed by atoms with E-state index in [0.29, 0.717) is 19.6 Å². The molecule has 0 aliphatic heterocycles. The van der Waals surface area contributed by atoms with Crippen molar-refractivity contribution in [2.24, 2.45) is 0 Å². The lowest BCUT2D eigenvalue weighted by Crippen LogP contribution is -2.06. The molecule has 3 rings (SSSR count). The van der Waals surface area contributed by atoms with Crippen molar-refractivity contribution in [2.75, 3.05) is 13.7 Å². The quantitative estimate of drug-likeness (QED) is 0.338. The fourth-order valence-corrected chi connectivity index (χ4v) is 2.93. The van der Waals surface area contributed by atoms with Crippen LogP contribution in [-0.2, 0) is 6.54 Å². The number of hydrogen-bond donors (Lipinski definition) is 0. The summed E-state index contributed by atoms with van der Waals surface area (Å²) in [4.78, 5) is 15.3. The number of nitrogens with zero attached hydrogens (tertiary/aromatic N) is 3. The van der Waals surface area contributed by atoms with Crippen LogP contribution in [0.25, 0.3) is 11.3 Å². The molecule has 27 heavy (non-hydrogen) atoms. The van der Waals surface area contributed by atoms with Gasteiger partial charge in [-0.25, -0.2) is 4.98 Å². The highest BCUT2D eigenvalue weighted by atomic mass is 16.6. The molecule has 1 heterocycles. The van der Waals surface area contributed by atoms with Crippen LogP contribution in [-0.4, -0.2) is 28.2 Å². The Labute approximate surface area is 157 Å². The van der Waals surface area contributed by atoms with Crippen LogP contribution in [0.1, 0.15) is 12.1 Å². The third-order valence-corrected chi connectivity index (χ3v) is 4.31. The van der Waals surface area contributed by atoms with Crippen LogP contribution in [0.2, 0.25) is 0 Å². The van der Waals surface area contributed by atoms with Crippen molar-refractivity contribution in [3.05, 3.63) is 70.7 Å². The van der Waals surface area contributed by atoms with Crippen molar-refractivity contribution in [3.63, 3.8) is 0 Å². The molecule has 3 aromatic rings. The minimum atomic E-state index is -0.486. The maximum Gasteiger partial charge on any atom is 0.352 e. The van der Waals surface area contributed by atoms with Gasteiger partial charge in [0.1, 0.15) is 0 Å². The third kappa shape index (κ3) is 4.08. The summed E-state index contributed by atoms with van der Waals surface area (Å²) in [6.45, 7) is 3.10. The van der Waals surface area contributed by atoms with Gasteiger partial charge in [-0.1, -0.05) is 36.4 Å². The Bertz CT molecular complexity index is 922. The van der Waals surface area contributed by atoms with Gasteiger partial charge >= 0.3 is 5.69 Å². The molecule has 0 bridgehead atoms. The van der Waals surface area contributed by atoms with E-state index in [1.807, 2.05) is 43.6 Å². The first-order valence-corrected chi connectivity index (χ1v) is 8.63. The van der Waals surface area contributed by atoms with E-state index in [1.165, 1.54) is 7.11 Å². The Morgan fingerprint density at radius 3 is 2.56 bits per heavy atom. The minimum Gasteiger partial charge on any atom is -0.490 e. The summed E-state index contributed by atoms with van der Waals surface area (Å²) in [5, 5.41) is 11.3. The molecule has 0 N–H and O–H groups in total. The molecule has 7 heteroatoms. The Morgan fingerprint density at radius 2 is 1.85 bits per heavy atom. The number of nitro groups is 1. The summed E-state index contributed by atoms with van der Waals surface area (Å²) in [6, 6.07) is 14.8. The Balaban J connectivity index is 1.62. The normalized spacial score (nSPS) is 10.6. The third-order valence-electron chi connectivity index (χ3n) is 4.31. The molecular weight excluding hydrogens is 346 g/mol. The predicted molar refractivity (Wildman–Crippen MR) is 102 cm³/mol. The topological polar surface area (TPSA) is 79.4 Å². The average Bonchev–Trinajstić information content (AvgIpc) is 3.05. The van der Waals surface area contributed by atoms with E-state index in [-0.39, 0.29) is 17.2 Å². The van der Waals surface area contributed by atoms with Gasteiger partial charge in [-0.15, -0.1) is 0 Å². The van der Waals surface area contributed by atoms with Crippen LogP contribution in [0.5, 0.6) is 11.5 Å². The second-order valence-corrected chi connectivity index (χ2v) is 6.00. The molecule has 0 spiro atoms. The smallest absolute Gasteiger partial charge is 0.352 e. The van der Waals surface area contributed by atoms with Gasteiger partial charge in [0, 0.05) is 17.8 Å². The Kier molecular flexibility index (Phi) is 5.71. The molecule has 0 fully saturated rings. The van der Waals surface area contributed by atoms with Gasteiger partial charge in [-0.2, -0.15) is 0 Å². The lowest BCUT2D eigenvalue weighted by atomic mass is 10.1. The number of nitro benzene ring substituents is 1. The van der Waals surface area contributed by atoms with Gasteiger partial charge in [0.25, 0.3) is 0 Å². The number of para-hydroxylation sites is 1. The zero-order valence-corrected chi connectivity index (χ0v) is 15.3. The van der Waals surface area contributed by atoms with E-state index >= 15 is 0 Å². The summed E-state index contributed by atoms with van der Waals surface area (Å²) >= 11 is 0. The summed E-state index contributed by atoms with van der Waals surface area (Å²) in [5.74, 6) is 0.405. The van der Waals surface area contributed by atoms with E-state index in [1.54, 1.807) is 18.2 Å². The van der Waals surface area contributed by atoms with E-state index in [0.717, 1.165) is 17.0 Å². The van der Waals surface area contributed by atoms with Crippen molar-refractivity contribution in [1.29, 1.82) is 0 Å². The Hall–Kier alpha value is -3.35. The lowest BCUT2D eigenvalue weighted by Gasteiger charge is -2.10. The molecule has 0 amide bonds. The van der Waals surface area contributed by atoms with Crippen LogP contribution in [0.4, 0.5) is 5.69 Å². The van der Waals surface area contributed by atoms with Crippen LogP contribution in [0.15, 0.2) is 54.9 Å². The van der Waals surface area contributed by atoms with E-state index < -0.39 is 4.92 Å². The van der Waals surface area contributed by atoms with E-state index in [4.69, 9.17) is 9.47 Å². The fraction of sp³-hybridized carbons (Fsp3) is 0.250. The van der Waals surface area contributed by atoms with Crippen molar-refractivity contribution in [3.8, 4) is 22.8 Å². The highest BCUT2D eigenvalue weighted by Gasteiger charge is 2.21. The zero-order chi connectivity index (χ0) is 19.2. The van der Waals surface area contributed by atoms with E-state index in [2.05, 4.69) is 9.55 Å². The largest absolute Gasteiger partial charge is 0.490 e. The van der Waals surface area contributed by atoms with Gasteiger partial charge in [-0.3, -0.25) is 10.1 Å². The van der Waals surface area contributed by atoms with Crippen LogP contribution in [0.3, 0.4) is 0 Å². The summed E-state index contributed by atoms with van der Waals surface area (Å²) in [6.07, 6.45) is 2.51. The Morgan fingerprint density at radius 1 is 1.11 bits per heavy atom. The first kappa shape index (κ1) is 18.4. The molecule has 0 aliphatic carbocycles. The van der Waals surface area contributed by atoms with Gasteiger partial charge in [0.05, 0.1) is 30.7 Å². The second kappa shape index (κ2) is 8.35.